The van der Waals surface area contributed by atoms with E-state index in [1.165, 1.54) is 0 Å². The molecule has 0 aliphatic carbocycles. The van der Waals surface area contributed by atoms with Gasteiger partial charge in [0.2, 0.25) is 5.95 Å². The van der Waals surface area contributed by atoms with Crippen LogP contribution >= 0.6 is 0 Å². The summed E-state index contributed by atoms with van der Waals surface area (Å²) in [5, 5.41) is 3.20. The van der Waals surface area contributed by atoms with Gasteiger partial charge in [-0.1, -0.05) is 6.07 Å². The second-order valence-corrected chi connectivity index (χ2v) is 8.64. The molecule has 1 aliphatic rings. The Hall–Kier alpha value is -2.35. The Kier molecular flexibility index (Phi) is 5.31. The highest BCUT2D eigenvalue weighted by molar-refractivity contribution is 7.91. The van der Waals surface area contributed by atoms with Crippen molar-refractivity contribution >= 4 is 27.3 Å². The SMILES string of the molecule is CCN(c1ccnc(Nc2cc(C)ccc2OC)n1)C1CCS(=O)(=O)C1. The lowest BCUT2D eigenvalue weighted by Crippen LogP contribution is -2.36. The maximum Gasteiger partial charge on any atom is 0.229 e. The largest absolute Gasteiger partial charge is 0.495 e. The predicted molar refractivity (Wildman–Crippen MR) is 103 cm³/mol. The van der Waals surface area contributed by atoms with Crippen molar-refractivity contribution in [2.24, 2.45) is 0 Å². The van der Waals surface area contributed by atoms with Crippen LogP contribution in [-0.4, -0.2) is 49.6 Å². The van der Waals surface area contributed by atoms with Gasteiger partial charge in [-0.2, -0.15) is 4.98 Å². The highest BCUT2D eigenvalue weighted by atomic mass is 32.2. The van der Waals surface area contributed by atoms with Crippen molar-refractivity contribution < 1.29 is 13.2 Å². The standard InChI is InChI=1S/C18H24N4O3S/c1-4-22(14-8-10-26(23,24)12-14)17-7-9-19-18(21-17)20-15-11-13(2)5-6-16(15)25-3/h5-7,9,11,14H,4,8,10,12H2,1-3H3,(H,19,20,21). The molecule has 8 heteroatoms. The van der Waals surface area contributed by atoms with Gasteiger partial charge in [0.1, 0.15) is 11.6 Å². The zero-order valence-electron chi connectivity index (χ0n) is 15.3. The van der Waals surface area contributed by atoms with Gasteiger partial charge in [0, 0.05) is 18.8 Å². The molecule has 1 fully saturated rings. The molecule has 0 bridgehead atoms. The van der Waals surface area contributed by atoms with Crippen LogP contribution in [0.2, 0.25) is 0 Å². The predicted octanol–water partition coefficient (Wildman–Crippen LogP) is 2.55. The molecule has 0 spiro atoms. The summed E-state index contributed by atoms with van der Waals surface area (Å²) in [6.07, 6.45) is 2.31. The number of ether oxygens (including phenoxy) is 1. The third kappa shape index (κ3) is 4.07. The average Bonchev–Trinajstić information content (AvgIpc) is 2.96. The quantitative estimate of drug-likeness (QED) is 0.829. The first-order valence-corrected chi connectivity index (χ1v) is 10.5. The number of anilines is 3. The van der Waals surface area contributed by atoms with Crippen LogP contribution in [0.25, 0.3) is 0 Å². The Labute approximate surface area is 154 Å². The van der Waals surface area contributed by atoms with Gasteiger partial charge in [0.05, 0.1) is 24.3 Å². The number of hydrogen-bond donors (Lipinski definition) is 1. The van der Waals surface area contributed by atoms with Crippen LogP contribution in [0.3, 0.4) is 0 Å². The van der Waals surface area contributed by atoms with E-state index in [4.69, 9.17) is 4.74 Å². The number of aryl methyl sites for hydroxylation is 1. The van der Waals surface area contributed by atoms with Crippen molar-refractivity contribution in [2.75, 3.05) is 35.4 Å². The van der Waals surface area contributed by atoms with Gasteiger partial charge in [-0.3, -0.25) is 0 Å². The molecule has 2 aromatic rings. The average molecular weight is 376 g/mol. The molecule has 0 amide bonds. The van der Waals surface area contributed by atoms with Crippen molar-refractivity contribution in [1.82, 2.24) is 9.97 Å². The Morgan fingerprint density at radius 3 is 2.81 bits per heavy atom. The van der Waals surface area contributed by atoms with E-state index >= 15 is 0 Å². The third-order valence-electron chi connectivity index (χ3n) is 4.53. The number of hydrogen-bond acceptors (Lipinski definition) is 7. The molecular weight excluding hydrogens is 352 g/mol. The number of nitrogens with zero attached hydrogens (tertiary/aromatic N) is 3. The lowest BCUT2D eigenvalue weighted by molar-refractivity contribution is 0.416. The Balaban J connectivity index is 1.85. The maximum atomic E-state index is 11.8. The zero-order chi connectivity index (χ0) is 18.7. The first-order valence-electron chi connectivity index (χ1n) is 8.63. The summed E-state index contributed by atoms with van der Waals surface area (Å²) in [6.45, 7) is 4.69. The number of benzene rings is 1. The van der Waals surface area contributed by atoms with Gasteiger partial charge in [0.15, 0.2) is 9.84 Å². The van der Waals surface area contributed by atoms with Gasteiger partial charge < -0.3 is 15.0 Å². The third-order valence-corrected chi connectivity index (χ3v) is 6.28. The summed E-state index contributed by atoms with van der Waals surface area (Å²) in [5.74, 6) is 2.30. The van der Waals surface area contributed by atoms with E-state index in [1.807, 2.05) is 43.0 Å². The maximum absolute atomic E-state index is 11.8. The molecule has 1 aliphatic heterocycles. The highest BCUT2D eigenvalue weighted by Crippen LogP contribution is 2.28. The van der Waals surface area contributed by atoms with E-state index in [1.54, 1.807) is 13.3 Å². The number of methoxy groups -OCH3 is 1. The molecule has 26 heavy (non-hydrogen) atoms. The van der Waals surface area contributed by atoms with E-state index in [-0.39, 0.29) is 17.5 Å². The minimum Gasteiger partial charge on any atom is -0.495 e. The van der Waals surface area contributed by atoms with E-state index in [0.717, 1.165) is 17.1 Å². The van der Waals surface area contributed by atoms with E-state index in [2.05, 4.69) is 15.3 Å². The molecule has 1 aromatic carbocycles. The molecule has 1 N–H and O–H groups in total. The number of sulfone groups is 1. The van der Waals surface area contributed by atoms with Gasteiger partial charge in [-0.25, -0.2) is 13.4 Å². The molecular formula is C18H24N4O3S. The summed E-state index contributed by atoms with van der Waals surface area (Å²) in [5.41, 5.74) is 1.88. The Morgan fingerprint density at radius 1 is 1.35 bits per heavy atom. The van der Waals surface area contributed by atoms with E-state index in [0.29, 0.717) is 24.7 Å². The summed E-state index contributed by atoms with van der Waals surface area (Å²) >= 11 is 0. The van der Waals surface area contributed by atoms with Crippen molar-refractivity contribution in [2.45, 2.75) is 26.3 Å². The van der Waals surface area contributed by atoms with Crippen LogP contribution in [0.15, 0.2) is 30.5 Å². The molecule has 0 saturated carbocycles. The molecule has 1 saturated heterocycles. The topological polar surface area (TPSA) is 84.4 Å². The molecule has 7 nitrogen and oxygen atoms in total. The highest BCUT2D eigenvalue weighted by Gasteiger charge is 2.32. The van der Waals surface area contributed by atoms with Crippen molar-refractivity contribution in [3.8, 4) is 5.75 Å². The number of nitrogens with one attached hydrogen (secondary N) is 1. The van der Waals surface area contributed by atoms with Crippen molar-refractivity contribution in [3.05, 3.63) is 36.0 Å². The molecule has 3 rings (SSSR count). The summed E-state index contributed by atoms with van der Waals surface area (Å²) in [6, 6.07) is 7.61. The molecule has 1 aromatic heterocycles. The van der Waals surface area contributed by atoms with Crippen molar-refractivity contribution in [1.29, 1.82) is 0 Å². The van der Waals surface area contributed by atoms with Gasteiger partial charge in [0.25, 0.3) is 0 Å². The monoisotopic (exact) mass is 376 g/mol. The van der Waals surface area contributed by atoms with Crippen LogP contribution in [0.4, 0.5) is 17.5 Å². The van der Waals surface area contributed by atoms with Crippen LogP contribution in [0.1, 0.15) is 18.9 Å². The molecule has 140 valence electrons. The Morgan fingerprint density at radius 2 is 2.15 bits per heavy atom. The molecule has 0 radical (unpaired) electrons. The fourth-order valence-electron chi connectivity index (χ4n) is 3.24. The lowest BCUT2D eigenvalue weighted by Gasteiger charge is -2.28. The summed E-state index contributed by atoms with van der Waals surface area (Å²) < 4.78 is 29.0. The lowest BCUT2D eigenvalue weighted by atomic mass is 10.2. The zero-order valence-corrected chi connectivity index (χ0v) is 16.1. The minimum atomic E-state index is -2.95. The summed E-state index contributed by atoms with van der Waals surface area (Å²) in [7, 11) is -1.33. The molecule has 2 heterocycles. The fraction of sp³-hybridized carbons (Fsp3) is 0.444. The van der Waals surface area contributed by atoms with Crippen LogP contribution in [0.5, 0.6) is 5.75 Å². The summed E-state index contributed by atoms with van der Waals surface area (Å²) in [4.78, 5) is 10.9. The van der Waals surface area contributed by atoms with Crippen LogP contribution < -0.4 is 15.0 Å². The van der Waals surface area contributed by atoms with Gasteiger partial charge in [-0.05, 0) is 44.0 Å². The van der Waals surface area contributed by atoms with Crippen molar-refractivity contribution in [3.63, 3.8) is 0 Å². The minimum absolute atomic E-state index is 0.0405. The first-order chi connectivity index (χ1) is 12.4. The molecule has 1 unspecified atom stereocenters. The number of aromatic nitrogens is 2. The van der Waals surface area contributed by atoms with E-state index in [9.17, 15) is 8.42 Å². The number of rotatable bonds is 6. The fourth-order valence-corrected chi connectivity index (χ4v) is 4.97. The van der Waals surface area contributed by atoms with Gasteiger partial charge in [-0.15, -0.1) is 0 Å². The molecule has 1 atom stereocenters. The van der Waals surface area contributed by atoms with Crippen LogP contribution in [-0.2, 0) is 9.84 Å². The second-order valence-electron chi connectivity index (χ2n) is 6.41. The first kappa shape index (κ1) is 18.4. The second kappa shape index (κ2) is 7.49. The Bertz CT molecular complexity index is 886. The normalized spacial score (nSPS) is 18.5. The van der Waals surface area contributed by atoms with Gasteiger partial charge >= 0.3 is 0 Å². The van der Waals surface area contributed by atoms with E-state index < -0.39 is 9.84 Å². The smallest absolute Gasteiger partial charge is 0.229 e. The van der Waals surface area contributed by atoms with Crippen LogP contribution in [0, 0.1) is 6.92 Å².